The summed E-state index contributed by atoms with van der Waals surface area (Å²) < 4.78 is 0. The Bertz CT molecular complexity index is 541. The number of aryl methyl sites for hydroxylation is 1. The second kappa shape index (κ2) is 5.25. The van der Waals surface area contributed by atoms with Crippen LogP contribution in [0.1, 0.15) is 22.2 Å². The maximum absolute atomic E-state index is 12.0. The number of carbonyl (C=O) groups excluding carboxylic acids is 1. The van der Waals surface area contributed by atoms with Crippen molar-refractivity contribution in [2.45, 2.75) is 13.3 Å². The first kappa shape index (κ1) is 12.0. The van der Waals surface area contributed by atoms with Gasteiger partial charge in [0.15, 0.2) is 0 Å². The van der Waals surface area contributed by atoms with E-state index in [9.17, 15) is 4.79 Å². The Morgan fingerprint density at radius 2 is 2.35 bits per heavy atom. The van der Waals surface area contributed by atoms with Crippen molar-refractivity contribution in [1.29, 1.82) is 0 Å². The first-order chi connectivity index (χ1) is 8.20. The van der Waals surface area contributed by atoms with Gasteiger partial charge < -0.3 is 5.32 Å². The maximum atomic E-state index is 12.0. The van der Waals surface area contributed by atoms with E-state index in [0.29, 0.717) is 10.7 Å². The number of rotatable bonds is 3. The fraction of sp³-hybridized carbons (Fsp3) is 0.182. The van der Waals surface area contributed by atoms with Crippen LogP contribution in [-0.2, 0) is 6.42 Å². The highest BCUT2D eigenvalue weighted by molar-refractivity contribution is 7.12. The molecule has 2 aromatic rings. The Labute approximate surface area is 108 Å². The second-order valence-corrected chi connectivity index (χ2v) is 4.55. The van der Waals surface area contributed by atoms with E-state index in [0.717, 1.165) is 12.0 Å². The van der Waals surface area contributed by atoms with Gasteiger partial charge >= 0.3 is 0 Å². The molecule has 0 aliphatic heterocycles. The summed E-state index contributed by atoms with van der Waals surface area (Å²) in [4.78, 5) is 20.3. The van der Waals surface area contributed by atoms with Crippen molar-refractivity contribution in [2.24, 2.45) is 0 Å². The van der Waals surface area contributed by atoms with E-state index in [2.05, 4.69) is 15.3 Å². The largest absolute Gasteiger partial charge is 0.306 e. The number of aromatic nitrogens is 2. The van der Waals surface area contributed by atoms with Crippen LogP contribution < -0.4 is 5.32 Å². The van der Waals surface area contributed by atoms with Crippen molar-refractivity contribution in [3.63, 3.8) is 0 Å². The minimum Gasteiger partial charge on any atom is -0.306 e. The summed E-state index contributed by atoms with van der Waals surface area (Å²) >= 11 is 7.06. The average molecular weight is 268 g/mol. The number of nitrogens with zero attached hydrogens (tertiary/aromatic N) is 2. The molecule has 0 atom stereocenters. The van der Waals surface area contributed by atoms with E-state index in [1.54, 1.807) is 6.07 Å². The van der Waals surface area contributed by atoms with Crippen LogP contribution in [0.5, 0.6) is 0 Å². The van der Waals surface area contributed by atoms with Crippen LogP contribution in [0.15, 0.2) is 23.7 Å². The number of amides is 1. The number of thiophene rings is 1. The molecule has 1 amide bonds. The zero-order chi connectivity index (χ0) is 12.3. The van der Waals surface area contributed by atoms with Crippen LogP contribution in [-0.4, -0.2) is 15.9 Å². The standard InChI is InChI=1S/C11H10ClN3OS/c1-2-7-4-6-17-9(7)10(16)14-8-3-5-13-11(12)15-8/h3-6H,2H2,1H3,(H,13,14,15,16). The van der Waals surface area contributed by atoms with Gasteiger partial charge in [0.1, 0.15) is 5.82 Å². The van der Waals surface area contributed by atoms with Crippen LogP contribution >= 0.6 is 22.9 Å². The Balaban J connectivity index is 2.17. The van der Waals surface area contributed by atoms with Gasteiger partial charge in [-0.25, -0.2) is 9.97 Å². The fourth-order valence-corrected chi connectivity index (χ4v) is 2.43. The number of hydrogen-bond donors (Lipinski definition) is 1. The van der Waals surface area contributed by atoms with Crippen LogP contribution in [0.4, 0.5) is 5.82 Å². The van der Waals surface area contributed by atoms with E-state index < -0.39 is 0 Å². The van der Waals surface area contributed by atoms with Gasteiger partial charge in [-0.3, -0.25) is 4.79 Å². The first-order valence-corrected chi connectivity index (χ1v) is 6.32. The molecule has 0 bridgehead atoms. The van der Waals surface area contributed by atoms with Crippen molar-refractivity contribution < 1.29 is 4.79 Å². The third-order valence-corrected chi connectivity index (χ3v) is 3.34. The summed E-state index contributed by atoms with van der Waals surface area (Å²) in [5, 5.41) is 4.71. The smallest absolute Gasteiger partial charge is 0.267 e. The summed E-state index contributed by atoms with van der Waals surface area (Å²) in [7, 11) is 0. The summed E-state index contributed by atoms with van der Waals surface area (Å²) in [6.07, 6.45) is 2.33. The lowest BCUT2D eigenvalue weighted by Gasteiger charge is -2.04. The van der Waals surface area contributed by atoms with E-state index >= 15 is 0 Å². The van der Waals surface area contributed by atoms with Crippen LogP contribution in [0, 0.1) is 0 Å². The molecule has 2 aromatic heterocycles. The molecule has 0 fully saturated rings. The summed E-state index contributed by atoms with van der Waals surface area (Å²) in [6, 6.07) is 3.55. The predicted octanol–water partition coefficient (Wildman–Crippen LogP) is 3.01. The van der Waals surface area contributed by atoms with Crippen LogP contribution in [0.2, 0.25) is 5.28 Å². The van der Waals surface area contributed by atoms with Crippen molar-refractivity contribution >= 4 is 34.7 Å². The van der Waals surface area contributed by atoms with Crippen molar-refractivity contribution in [2.75, 3.05) is 5.32 Å². The lowest BCUT2D eigenvalue weighted by Crippen LogP contribution is -2.13. The van der Waals surface area contributed by atoms with Crippen LogP contribution in [0.3, 0.4) is 0 Å². The summed E-state index contributed by atoms with van der Waals surface area (Å²) in [5.41, 5.74) is 1.03. The molecule has 0 saturated heterocycles. The molecule has 2 heterocycles. The van der Waals surface area contributed by atoms with Gasteiger partial charge in [0.05, 0.1) is 4.88 Å². The minimum absolute atomic E-state index is 0.115. The number of nitrogens with one attached hydrogen (secondary N) is 1. The molecule has 4 nitrogen and oxygen atoms in total. The Hall–Kier alpha value is -1.46. The number of anilines is 1. The third kappa shape index (κ3) is 2.81. The van der Waals surface area contributed by atoms with Crippen molar-refractivity contribution in [3.05, 3.63) is 39.4 Å². The molecule has 0 aliphatic rings. The van der Waals surface area contributed by atoms with Gasteiger partial charge in [-0.1, -0.05) is 6.92 Å². The normalized spacial score (nSPS) is 10.2. The first-order valence-electron chi connectivity index (χ1n) is 5.07. The topological polar surface area (TPSA) is 54.9 Å². The van der Waals surface area contributed by atoms with E-state index in [1.165, 1.54) is 17.5 Å². The van der Waals surface area contributed by atoms with Gasteiger partial charge in [-0.2, -0.15) is 0 Å². The van der Waals surface area contributed by atoms with Gasteiger partial charge in [0.25, 0.3) is 5.91 Å². The fourth-order valence-electron chi connectivity index (χ4n) is 1.39. The molecule has 0 saturated carbocycles. The number of hydrogen-bond acceptors (Lipinski definition) is 4. The maximum Gasteiger partial charge on any atom is 0.267 e. The third-order valence-electron chi connectivity index (χ3n) is 2.20. The SMILES string of the molecule is CCc1ccsc1C(=O)Nc1ccnc(Cl)n1. The highest BCUT2D eigenvalue weighted by Crippen LogP contribution is 2.18. The quantitative estimate of drug-likeness (QED) is 0.870. The molecule has 2 rings (SSSR count). The van der Waals surface area contributed by atoms with E-state index in [1.807, 2.05) is 18.4 Å². The molecule has 0 radical (unpaired) electrons. The zero-order valence-electron chi connectivity index (χ0n) is 9.11. The van der Waals surface area contributed by atoms with Gasteiger partial charge in [-0.15, -0.1) is 11.3 Å². The zero-order valence-corrected chi connectivity index (χ0v) is 10.7. The highest BCUT2D eigenvalue weighted by atomic mass is 35.5. The van der Waals surface area contributed by atoms with Crippen molar-refractivity contribution in [3.8, 4) is 0 Å². The lowest BCUT2D eigenvalue weighted by atomic mass is 10.2. The van der Waals surface area contributed by atoms with Gasteiger partial charge in [-0.05, 0) is 41.1 Å². The Kier molecular flexibility index (Phi) is 3.71. The van der Waals surface area contributed by atoms with Crippen molar-refractivity contribution in [1.82, 2.24) is 9.97 Å². The highest BCUT2D eigenvalue weighted by Gasteiger charge is 2.12. The molecule has 1 N–H and O–H groups in total. The Morgan fingerprint density at radius 1 is 1.53 bits per heavy atom. The van der Waals surface area contributed by atoms with Crippen LogP contribution in [0.25, 0.3) is 0 Å². The summed E-state index contributed by atoms with van der Waals surface area (Å²) in [5.74, 6) is 0.247. The molecule has 6 heteroatoms. The molecular weight excluding hydrogens is 258 g/mol. The summed E-state index contributed by atoms with van der Waals surface area (Å²) in [6.45, 7) is 2.01. The predicted molar refractivity (Wildman–Crippen MR) is 68.7 cm³/mol. The minimum atomic E-state index is -0.161. The molecule has 0 aromatic carbocycles. The monoisotopic (exact) mass is 267 g/mol. The Morgan fingerprint density at radius 3 is 3.06 bits per heavy atom. The molecule has 0 aliphatic carbocycles. The van der Waals surface area contributed by atoms with Gasteiger partial charge in [0, 0.05) is 6.20 Å². The van der Waals surface area contributed by atoms with E-state index in [4.69, 9.17) is 11.6 Å². The average Bonchev–Trinajstić information content (AvgIpc) is 2.77. The van der Waals surface area contributed by atoms with E-state index in [-0.39, 0.29) is 11.2 Å². The number of carbonyl (C=O) groups is 1. The second-order valence-electron chi connectivity index (χ2n) is 3.29. The molecular formula is C11H10ClN3OS. The molecule has 0 unspecified atom stereocenters. The van der Waals surface area contributed by atoms with Gasteiger partial charge in [0.2, 0.25) is 5.28 Å². The molecule has 17 heavy (non-hydrogen) atoms. The molecule has 0 spiro atoms. The number of halogens is 1. The molecule has 88 valence electrons. The lowest BCUT2D eigenvalue weighted by molar-refractivity contribution is 0.102.